The van der Waals surface area contributed by atoms with E-state index in [-0.39, 0.29) is 5.78 Å². The Morgan fingerprint density at radius 3 is 2.60 bits per heavy atom. The number of benzene rings is 1. The third kappa shape index (κ3) is 1.73. The molecule has 0 unspecified atom stereocenters. The summed E-state index contributed by atoms with van der Waals surface area (Å²) in [6, 6.07) is 11.6. The zero-order valence-corrected chi connectivity index (χ0v) is 11.9. The first-order valence-corrected chi connectivity index (χ1v) is 6.71. The lowest BCUT2D eigenvalue weighted by atomic mass is 9.78. The second-order valence-corrected chi connectivity index (χ2v) is 5.48. The Morgan fingerprint density at radius 2 is 1.95 bits per heavy atom. The van der Waals surface area contributed by atoms with Crippen molar-refractivity contribution in [2.45, 2.75) is 25.7 Å². The highest BCUT2D eigenvalue weighted by Crippen LogP contribution is 2.40. The molecule has 0 N–H and O–H groups in total. The number of hydrogen-bond donors (Lipinski definition) is 0. The van der Waals surface area contributed by atoms with E-state index < -0.39 is 5.41 Å². The van der Waals surface area contributed by atoms with Crippen LogP contribution in [0.5, 0.6) is 5.88 Å². The van der Waals surface area contributed by atoms with Gasteiger partial charge in [-0.15, -0.1) is 0 Å². The molecule has 3 nitrogen and oxygen atoms in total. The second-order valence-electron chi connectivity index (χ2n) is 5.48. The van der Waals surface area contributed by atoms with E-state index in [1.807, 2.05) is 50.2 Å². The van der Waals surface area contributed by atoms with Gasteiger partial charge in [0.1, 0.15) is 0 Å². The number of carbonyl (C=O) groups excluding carboxylic acids is 1. The minimum atomic E-state index is -0.521. The van der Waals surface area contributed by atoms with E-state index in [1.54, 1.807) is 7.11 Å². The van der Waals surface area contributed by atoms with Gasteiger partial charge in [-0.1, -0.05) is 30.3 Å². The highest BCUT2D eigenvalue weighted by Gasteiger charge is 2.43. The van der Waals surface area contributed by atoms with Crippen molar-refractivity contribution in [1.82, 2.24) is 4.98 Å². The Balaban J connectivity index is 2.09. The molecule has 0 aliphatic heterocycles. The molecule has 1 heterocycles. The van der Waals surface area contributed by atoms with E-state index in [1.165, 1.54) is 0 Å². The van der Waals surface area contributed by atoms with Crippen molar-refractivity contribution < 1.29 is 9.53 Å². The molecular formula is C17H17NO2. The average Bonchev–Trinajstić information content (AvgIpc) is 2.71. The predicted molar refractivity (Wildman–Crippen MR) is 77.4 cm³/mol. The summed E-state index contributed by atoms with van der Waals surface area (Å²) in [6.45, 7) is 3.94. The lowest BCUT2D eigenvalue weighted by molar-refractivity contribution is 0.0914. The molecule has 0 fully saturated rings. The number of ether oxygens (including phenoxy) is 1. The topological polar surface area (TPSA) is 39.2 Å². The summed E-state index contributed by atoms with van der Waals surface area (Å²) in [5, 5.41) is 0. The van der Waals surface area contributed by atoms with Crippen LogP contribution < -0.4 is 4.74 Å². The van der Waals surface area contributed by atoms with Gasteiger partial charge in [-0.05, 0) is 31.4 Å². The van der Waals surface area contributed by atoms with Crippen LogP contribution in [-0.2, 0) is 11.8 Å². The molecule has 1 aromatic heterocycles. The van der Waals surface area contributed by atoms with Gasteiger partial charge in [-0.25, -0.2) is 4.98 Å². The van der Waals surface area contributed by atoms with E-state index in [0.717, 1.165) is 28.8 Å². The minimum absolute atomic E-state index is 0.183. The van der Waals surface area contributed by atoms with Crippen molar-refractivity contribution >= 4 is 5.78 Å². The Hall–Kier alpha value is -2.16. The number of rotatable bonds is 2. The molecule has 1 aliphatic rings. The predicted octanol–water partition coefficient (Wildman–Crippen LogP) is 3.10. The zero-order chi connectivity index (χ0) is 14.3. The van der Waals surface area contributed by atoms with Crippen molar-refractivity contribution in [2.24, 2.45) is 0 Å². The number of ketones is 1. The molecule has 3 heteroatoms. The van der Waals surface area contributed by atoms with Gasteiger partial charge in [0.25, 0.3) is 0 Å². The van der Waals surface area contributed by atoms with Crippen LogP contribution in [0.25, 0.3) is 0 Å². The second kappa shape index (κ2) is 4.44. The first-order valence-electron chi connectivity index (χ1n) is 6.71. The average molecular weight is 267 g/mol. The minimum Gasteiger partial charge on any atom is -0.481 e. The monoisotopic (exact) mass is 267 g/mol. The van der Waals surface area contributed by atoms with Crippen LogP contribution in [0, 0.1) is 6.92 Å². The first-order chi connectivity index (χ1) is 9.56. The van der Waals surface area contributed by atoms with Gasteiger partial charge in [0.15, 0.2) is 5.78 Å². The third-order valence-electron chi connectivity index (χ3n) is 4.17. The lowest BCUT2D eigenvalue weighted by Gasteiger charge is -2.24. The number of hydrogen-bond acceptors (Lipinski definition) is 3. The van der Waals surface area contributed by atoms with Gasteiger partial charge in [-0.3, -0.25) is 4.79 Å². The fourth-order valence-corrected chi connectivity index (χ4v) is 3.11. The lowest BCUT2D eigenvalue weighted by Crippen LogP contribution is -2.30. The van der Waals surface area contributed by atoms with E-state index in [0.29, 0.717) is 5.88 Å². The fraction of sp³-hybridized carbons (Fsp3) is 0.294. The Bertz CT molecular complexity index is 693. The van der Waals surface area contributed by atoms with Crippen LogP contribution in [0.15, 0.2) is 36.4 Å². The Morgan fingerprint density at radius 1 is 1.20 bits per heavy atom. The molecule has 102 valence electrons. The van der Waals surface area contributed by atoms with Crippen LogP contribution in [0.3, 0.4) is 0 Å². The van der Waals surface area contributed by atoms with Crippen molar-refractivity contribution in [3.63, 3.8) is 0 Å². The summed E-state index contributed by atoms with van der Waals surface area (Å²) in [6.07, 6.45) is 0.733. The molecule has 1 aromatic carbocycles. The number of pyridine rings is 1. The molecule has 0 saturated carbocycles. The molecule has 20 heavy (non-hydrogen) atoms. The first kappa shape index (κ1) is 12.9. The summed E-state index contributed by atoms with van der Waals surface area (Å²) in [4.78, 5) is 17.2. The van der Waals surface area contributed by atoms with Crippen molar-refractivity contribution in [3.8, 4) is 5.88 Å². The smallest absolute Gasteiger partial charge is 0.213 e. The molecule has 3 rings (SSSR count). The number of fused-ring (bicyclic) bond motifs is 1. The molecule has 0 amide bonds. The molecule has 0 radical (unpaired) electrons. The quantitative estimate of drug-likeness (QED) is 0.839. The molecule has 1 aliphatic carbocycles. The van der Waals surface area contributed by atoms with E-state index in [4.69, 9.17) is 4.74 Å². The van der Waals surface area contributed by atoms with Crippen molar-refractivity contribution in [2.75, 3.05) is 7.11 Å². The normalized spacial score (nSPS) is 20.9. The maximum Gasteiger partial charge on any atom is 0.213 e. The van der Waals surface area contributed by atoms with Gasteiger partial charge in [0, 0.05) is 17.3 Å². The van der Waals surface area contributed by atoms with E-state index in [9.17, 15) is 4.79 Å². The molecule has 0 spiro atoms. The summed E-state index contributed by atoms with van der Waals surface area (Å²) >= 11 is 0. The van der Waals surface area contributed by atoms with Gasteiger partial charge in [0.2, 0.25) is 5.88 Å². The highest BCUT2D eigenvalue weighted by atomic mass is 16.5. The molecule has 1 atom stereocenters. The number of nitrogens with zero attached hydrogens (tertiary/aromatic N) is 1. The highest BCUT2D eigenvalue weighted by molar-refractivity contribution is 6.08. The summed E-state index contributed by atoms with van der Waals surface area (Å²) < 4.78 is 5.14. The molecule has 0 saturated heterocycles. The van der Waals surface area contributed by atoms with Crippen LogP contribution in [0.4, 0.5) is 0 Å². The van der Waals surface area contributed by atoms with Crippen LogP contribution in [-0.4, -0.2) is 17.9 Å². The molecule has 2 aromatic rings. The fourth-order valence-electron chi connectivity index (χ4n) is 3.11. The largest absolute Gasteiger partial charge is 0.481 e. The van der Waals surface area contributed by atoms with E-state index in [2.05, 4.69) is 4.98 Å². The number of carbonyl (C=O) groups is 1. The maximum atomic E-state index is 12.8. The Kier molecular flexibility index (Phi) is 2.85. The standard InChI is InChI=1S/C17H17NO2/c1-11-14(8-9-15(18-11)20-3)17(2)10-12-6-4-5-7-13(12)16(17)19/h4-9H,10H2,1-3H3/t17-/m0/s1. The number of methoxy groups -OCH3 is 1. The van der Waals surface area contributed by atoms with Crippen molar-refractivity contribution in [3.05, 3.63) is 58.8 Å². The molecular weight excluding hydrogens is 250 g/mol. The number of Topliss-reactive ketones (excluding diaryl/α,β-unsaturated/α-hetero) is 1. The number of aromatic nitrogens is 1. The van der Waals surface area contributed by atoms with Crippen molar-refractivity contribution in [1.29, 1.82) is 0 Å². The Labute approximate surface area is 118 Å². The van der Waals surface area contributed by atoms with Crippen LogP contribution >= 0.6 is 0 Å². The molecule has 0 bridgehead atoms. The summed E-state index contributed by atoms with van der Waals surface area (Å²) in [7, 11) is 1.60. The third-order valence-corrected chi connectivity index (χ3v) is 4.17. The maximum absolute atomic E-state index is 12.8. The zero-order valence-electron chi connectivity index (χ0n) is 11.9. The SMILES string of the molecule is COc1ccc([C@]2(C)Cc3ccccc3C2=O)c(C)n1. The van der Waals surface area contributed by atoms with Crippen LogP contribution in [0.2, 0.25) is 0 Å². The van der Waals surface area contributed by atoms with Gasteiger partial charge in [-0.2, -0.15) is 0 Å². The summed E-state index contributed by atoms with van der Waals surface area (Å²) in [5.74, 6) is 0.765. The van der Waals surface area contributed by atoms with Gasteiger partial charge < -0.3 is 4.74 Å². The van der Waals surface area contributed by atoms with E-state index >= 15 is 0 Å². The van der Waals surface area contributed by atoms with Gasteiger partial charge in [0.05, 0.1) is 12.5 Å². The number of aryl methyl sites for hydroxylation is 1. The van der Waals surface area contributed by atoms with Crippen LogP contribution in [0.1, 0.15) is 34.1 Å². The van der Waals surface area contributed by atoms with Gasteiger partial charge >= 0.3 is 0 Å². The summed E-state index contributed by atoms with van der Waals surface area (Å²) in [5.41, 5.74) is 3.28.